The van der Waals surface area contributed by atoms with Gasteiger partial charge in [-0.05, 0) is 48.9 Å². The number of hydrogen-bond acceptors (Lipinski definition) is 6. The molecule has 9 heteroatoms. The lowest BCUT2D eigenvalue weighted by Crippen LogP contribution is -2.51. The minimum Gasteiger partial charge on any atom is -0.493 e. The van der Waals surface area contributed by atoms with Gasteiger partial charge in [-0.1, -0.05) is 36.4 Å². The van der Waals surface area contributed by atoms with Gasteiger partial charge in [-0.2, -0.15) is 0 Å². The van der Waals surface area contributed by atoms with Gasteiger partial charge in [-0.3, -0.25) is 9.10 Å². The number of rotatable bonds is 7. The summed E-state index contributed by atoms with van der Waals surface area (Å²) < 4.78 is 44.6. The first kappa shape index (κ1) is 23.4. The van der Waals surface area contributed by atoms with E-state index in [2.05, 4.69) is 5.32 Å². The zero-order valence-electron chi connectivity index (χ0n) is 19.1. The number of nitrogens with one attached hydrogen (secondary N) is 1. The SMILES string of the molecule is COc1ccc(C(C)NC(=O)C2CN(S(=O)(=O)c3ccccc3)c3ccccc3O2)cc1OC. The van der Waals surface area contributed by atoms with E-state index in [1.807, 2.05) is 13.0 Å². The second kappa shape index (κ2) is 9.64. The molecule has 0 spiro atoms. The number of anilines is 1. The second-order valence-corrected chi connectivity index (χ2v) is 9.63. The van der Waals surface area contributed by atoms with Crippen molar-refractivity contribution in [2.45, 2.75) is 24.0 Å². The summed E-state index contributed by atoms with van der Waals surface area (Å²) in [6, 6.07) is 19.9. The van der Waals surface area contributed by atoms with Crippen molar-refractivity contribution in [3.63, 3.8) is 0 Å². The Balaban J connectivity index is 1.59. The first-order chi connectivity index (χ1) is 16.3. The molecule has 0 fully saturated rings. The Kier molecular flexibility index (Phi) is 6.65. The molecule has 8 nitrogen and oxygen atoms in total. The number of hydrogen-bond donors (Lipinski definition) is 1. The summed E-state index contributed by atoms with van der Waals surface area (Å²) in [7, 11) is -0.803. The molecule has 0 saturated heterocycles. The molecule has 0 bridgehead atoms. The molecule has 178 valence electrons. The van der Waals surface area contributed by atoms with Crippen LogP contribution in [-0.4, -0.2) is 41.2 Å². The average molecular weight is 483 g/mol. The quantitative estimate of drug-likeness (QED) is 0.554. The Hall–Kier alpha value is -3.72. The Morgan fingerprint density at radius 3 is 2.38 bits per heavy atom. The van der Waals surface area contributed by atoms with E-state index in [4.69, 9.17) is 14.2 Å². The van der Waals surface area contributed by atoms with Crippen LogP contribution < -0.4 is 23.8 Å². The lowest BCUT2D eigenvalue weighted by molar-refractivity contribution is -0.128. The first-order valence-electron chi connectivity index (χ1n) is 10.7. The van der Waals surface area contributed by atoms with Crippen molar-refractivity contribution in [2.24, 2.45) is 0 Å². The van der Waals surface area contributed by atoms with Gasteiger partial charge >= 0.3 is 0 Å². The van der Waals surface area contributed by atoms with E-state index in [0.717, 1.165) is 5.56 Å². The van der Waals surface area contributed by atoms with Crippen LogP contribution in [0.4, 0.5) is 5.69 Å². The fourth-order valence-electron chi connectivity index (χ4n) is 3.80. The molecule has 4 rings (SSSR count). The molecule has 0 aliphatic carbocycles. The van der Waals surface area contributed by atoms with Crippen LogP contribution in [-0.2, 0) is 14.8 Å². The van der Waals surface area contributed by atoms with Crippen molar-refractivity contribution in [2.75, 3.05) is 25.1 Å². The summed E-state index contributed by atoms with van der Waals surface area (Å²) >= 11 is 0. The molecule has 1 aliphatic heterocycles. The van der Waals surface area contributed by atoms with Gasteiger partial charge in [0.25, 0.3) is 15.9 Å². The van der Waals surface area contributed by atoms with Crippen molar-refractivity contribution in [3.05, 3.63) is 78.4 Å². The van der Waals surface area contributed by atoms with Gasteiger partial charge in [0.1, 0.15) is 5.75 Å². The monoisotopic (exact) mass is 482 g/mol. The predicted octanol–water partition coefficient (Wildman–Crippen LogP) is 3.54. The highest BCUT2D eigenvalue weighted by molar-refractivity contribution is 7.92. The van der Waals surface area contributed by atoms with E-state index >= 15 is 0 Å². The lowest BCUT2D eigenvalue weighted by atomic mass is 10.1. The first-order valence-corrected chi connectivity index (χ1v) is 12.1. The fourth-order valence-corrected chi connectivity index (χ4v) is 5.29. The molecule has 2 unspecified atom stereocenters. The molecule has 2 atom stereocenters. The summed E-state index contributed by atoms with van der Waals surface area (Å²) in [5, 5.41) is 2.92. The maximum Gasteiger partial charge on any atom is 0.264 e. The van der Waals surface area contributed by atoms with Crippen LogP contribution in [0, 0.1) is 0 Å². The number of sulfonamides is 1. The van der Waals surface area contributed by atoms with Gasteiger partial charge in [0.2, 0.25) is 0 Å². The summed E-state index contributed by atoms with van der Waals surface area (Å²) in [4.78, 5) is 13.3. The summed E-state index contributed by atoms with van der Waals surface area (Å²) in [5.74, 6) is 1.03. The topological polar surface area (TPSA) is 94.2 Å². The van der Waals surface area contributed by atoms with Gasteiger partial charge < -0.3 is 19.5 Å². The maximum absolute atomic E-state index is 13.4. The molecule has 1 heterocycles. The predicted molar refractivity (Wildman–Crippen MR) is 128 cm³/mol. The van der Waals surface area contributed by atoms with E-state index in [1.54, 1.807) is 68.8 Å². The third-order valence-electron chi connectivity index (χ3n) is 5.62. The number of nitrogens with zero attached hydrogens (tertiary/aromatic N) is 1. The lowest BCUT2D eigenvalue weighted by Gasteiger charge is -2.35. The Bertz CT molecular complexity index is 1280. The number of fused-ring (bicyclic) bond motifs is 1. The highest BCUT2D eigenvalue weighted by Crippen LogP contribution is 2.37. The molecule has 1 aliphatic rings. The number of benzene rings is 3. The standard InChI is InChI=1S/C25H26N2O6S/c1-17(18-13-14-22(31-2)23(15-18)32-3)26-25(28)24-16-27(20-11-7-8-12-21(20)33-24)34(29,30)19-9-5-4-6-10-19/h4-15,17,24H,16H2,1-3H3,(H,26,28). The fraction of sp³-hybridized carbons (Fsp3) is 0.240. The highest BCUT2D eigenvalue weighted by Gasteiger charge is 2.37. The highest BCUT2D eigenvalue weighted by atomic mass is 32.2. The number of ether oxygens (including phenoxy) is 3. The van der Waals surface area contributed by atoms with Gasteiger partial charge in [-0.25, -0.2) is 8.42 Å². The number of amides is 1. The van der Waals surface area contributed by atoms with Crippen molar-refractivity contribution >= 4 is 21.6 Å². The normalized spacial score (nSPS) is 16.1. The third kappa shape index (κ3) is 4.51. The van der Waals surface area contributed by atoms with Gasteiger partial charge in [0, 0.05) is 0 Å². The Morgan fingerprint density at radius 1 is 1.00 bits per heavy atom. The van der Waals surface area contributed by atoms with Crippen LogP contribution in [0.1, 0.15) is 18.5 Å². The Labute approximate surface area is 199 Å². The van der Waals surface area contributed by atoms with Crippen LogP contribution >= 0.6 is 0 Å². The molecular formula is C25H26N2O6S. The number of methoxy groups -OCH3 is 2. The zero-order valence-corrected chi connectivity index (χ0v) is 19.9. The molecular weight excluding hydrogens is 456 g/mol. The molecule has 3 aromatic carbocycles. The maximum atomic E-state index is 13.4. The van der Waals surface area contributed by atoms with Crippen molar-refractivity contribution in [1.29, 1.82) is 0 Å². The van der Waals surface area contributed by atoms with E-state index in [-0.39, 0.29) is 17.5 Å². The van der Waals surface area contributed by atoms with Crippen molar-refractivity contribution < 1.29 is 27.4 Å². The van der Waals surface area contributed by atoms with Crippen molar-refractivity contribution in [1.82, 2.24) is 5.32 Å². The van der Waals surface area contributed by atoms with Gasteiger partial charge in [0.15, 0.2) is 17.6 Å². The second-order valence-electron chi connectivity index (χ2n) is 7.77. The summed E-state index contributed by atoms with van der Waals surface area (Å²) in [6.07, 6.45) is -1.03. The van der Waals surface area contributed by atoms with Crippen LogP contribution in [0.25, 0.3) is 0 Å². The average Bonchev–Trinajstić information content (AvgIpc) is 2.87. The van der Waals surface area contributed by atoms with E-state index in [9.17, 15) is 13.2 Å². The van der Waals surface area contributed by atoms with Crippen LogP contribution in [0.15, 0.2) is 77.7 Å². The number of carbonyl (C=O) groups excluding carboxylic acids is 1. The minimum absolute atomic E-state index is 0.143. The molecule has 1 amide bonds. The smallest absolute Gasteiger partial charge is 0.264 e. The zero-order chi connectivity index (χ0) is 24.3. The largest absolute Gasteiger partial charge is 0.493 e. The van der Waals surface area contributed by atoms with E-state index in [1.165, 1.54) is 16.4 Å². The molecule has 0 radical (unpaired) electrons. The van der Waals surface area contributed by atoms with E-state index in [0.29, 0.717) is 22.9 Å². The Morgan fingerprint density at radius 2 is 1.68 bits per heavy atom. The third-order valence-corrected chi connectivity index (χ3v) is 7.42. The van der Waals surface area contributed by atoms with Crippen LogP contribution in [0.5, 0.6) is 17.2 Å². The molecule has 3 aromatic rings. The van der Waals surface area contributed by atoms with Gasteiger partial charge in [-0.15, -0.1) is 0 Å². The molecule has 0 saturated carbocycles. The number of carbonyl (C=O) groups is 1. The van der Waals surface area contributed by atoms with Crippen LogP contribution in [0.2, 0.25) is 0 Å². The molecule has 0 aromatic heterocycles. The summed E-state index contributed by atoms with van der Waals surface area (Å²) in [6.45, 7) is 1.67. The van der Waals surface area contributed by atoms with Crippen LogP contribution in [0.3, 0.4) is 0 Å². The van der Waals surface area contributed by atoms with Gasteiger partial charge in [0.05, 0.1) is 37.4 Å². The molecule has 1 N–H and O–H groups in total. The number of para-hydroxylation sites is 2. The molecule has 34 heavy (non-hydrogen) atoms. The summed E-state index contributed by atoms with van der Waals surface area (Å²) in [5.41, 5.74) is 1.19. The van der Waals surface area contributed by atoms with Crippen molar-refractivity contribution in [3.8, 4) is 17.2 Å². The van der Waals surface area contributed by atoms with E-state index < -0.39 is 22.0 Å². The minimum atomic E-state index is -3.90.